The van der Waals surface area contributed by atoms with Crippen molar-refractivity contribution in [3.63, 3.8) is 0 Å². The first-order valence-electron chi connectivity index (χ1n) is 9.16. The summed E-state index contributed by atoms with van der Waals surface area (Å²) in [4.78, 5) is 13.6. The number of methoxy groups -OCH3 is 1. The number of nitrogens with one attached hydrogen (secondary N) is 2. The van der Waals surface area contributed by atoms with Crippen LogP contribution in [0, 0.1) is 13.8 Å². The molecule has 2 heterocycles. The van der Waals surface area contributed by atoms with Crippen molar-refractivity contribution in [2.45, 2.75) is 26.8 Å². The van der Waals surface area contributed by atoms with Gasteiger partial charge in [-0.1, -0.05) is 30.3 Å². The Balaban J connectivity index is 1.88. The Morgan fingerprint density at radius 2 is 1.97 bits per heavy atom. The van der Waals surface area contributed by atoms with E-state index in [9.17, 15) is 4.79 Å². The van der Waals surface area contributed by atoms with Gasteiger partial charge in [-0.25, -0.2) is 4.79 Å². The number of anilines is 1. The molecule has 0 saturated carbocycles. The molecule has 0 aliphatic heterocycles. The minimum atomic E-state index is -0.394. The van der Waals surface area contributed by atoms with E-state index in [1.807, 2.05) is 64.3 Å². The fraction of sp³-hybridized carbons (Fsp3) is 0.286. The van der Waals surface area contributed by atoms with E-state index in [4.69, 9.17) is 17.0 Å². The summed E-state index contributed by atoms with van der Waals surface area (Å²) in [7, 11) is 3.28. The summed E-state index contributed by atoms with van der Waals surface area (Å²) < 4.78 is 6.84. The maximum absolute atomic E-state index is 12.6. The SMILES string of the molecule is COC(=O)c1c(NC(=S)NC(C)c2cn(C)nc2C)sc(C)c1-c1ccccc1. The molecule has 3 rings (SSSR count). The second-order valence-electron chi connectivity index (χ2n) is 6.76. The number of carbonyl (C=O) groups is 1. The van der Waals surface area contributed by atoms with Crippen molar-refractivity contribution in [3.8, 4) is 11.1 Å². The molecule has 0 fully saturated rings. The number of esters is 1. The summed E-state index contributed by atoms with van der Waals surface area (Å²) in [5.41, 5.74) is 4.34. The molecule has 1 unspecified atom stereocenters. The Morgan fingerprint density at radius 3 is 2.55 bits per heavy atom. The molecule has 0 saturated heterocycles. The van der Waals surface area contributed by atoms with Gasteiger partial charge in [0.2, 0.25) is 0 Å². The zero-order valence-corrected chi connectivity index (χ0v) is 18.7. The van der Waals surface area contributed by atoms with Crippen LogP contribution in [0.4, 0.5) is 5.00 Å². The molecule has 3 aromatic rings. The van der Waals surface area contributed by atoms with Crippen LogP contribution in [0.3, 0.4) is 0 Å². The van der Waals surface area contributed by atoms with E-state index < -0.39 is 5.97 Å². The summed E-state index contributed by atoms with van der Waals surface area (Å²) in [6, 6.07) is 9.78. The topological polar surface area (TPSA) is 68.2 Å². The highest BCUT2D eigenvalue weighted by Gasteiger charge is 2.25. The van der Waals surface area contributed by atoms with Crippen molar-refractivity contribution in [1.82, 2.24) is 15.1 Å². The number of ether oxygens (including phenoxy) is 1. The van der Waals surface area contributed by atoms with Crippen LogP contribution < -0.4 is 10.6 Å². The van der Waals surface area contributed by atoms with E-state index in [1.54, 1.807) is 4.68 Å². The van der Waals surface area contributed by atoms with Crippen LogP contribution in [0.25, 0.3) is 11.1 Å². The highest BCUT2D eigenvalue weighted by molar-refractivity contribution is 7.80. The van der Waals surface area contributed by atoms with Gasteiger partial charge in [0.15, 0.2) is 5.11 Å². The van der Waals surface area contributed by atoms with Gasteiger partial charge in [-0.3, -0.25) is 4.68 Å². The number of rotatable bonds is 5. The van der Waals surface area contributed by atoms with Gasteiger partial charge in [0.05, 0.1) is 18.8 Å². The van der Waals surface area contributed by atoms with Crippen molar-refractivity contribution in [3.05, 3.63) is 58.2 Å². The van der Waals surface area contributed by atoms with Gasteiger partial charge in [-0.2, -0.15) is 5.10 Å². The monoisotopic (exact) mass is 428 g/mol. The molecule has 152 valence electrons. The fourth-order valence-corrected chi connectivity index (χ4v) is 4.75. The molecule has 29 heavy (non-hydrogen) atoms. The predicted octanol–water partition coefficient (Wildman–Crippen LogP) is 4.60. The van der Waals surface area contributed by atoms with E-state index in [2.05, 4.69) is 15.7 Å². The minimum Gasteiger partial charge on any atom is -0.465 e. The van der Waals surface area contributed by atoms with Crippen molar-refractivity contribution in [1.29, 1.82) is 0 Å². The van der Waals surface area contributed by atoms with Gasteiger partial charge in [0, 0.05) is 29.2 Å². The first kappa shape index (κ1) is 21.0. The Morgan fingerprint density at radius 1 is 1.28 bits per heavy atom. The number of aromatic nitrogens is 2. The number of thiophene rings is 1. The Bertz CT molecular complexity index is 1040. The molecule has 0 radical (unpaired) electrons. The van der Waals surface area contributed by atoms with Crippen molar-refractivity contribution < 1.29 is 9.53 Å². The summed E-state index contributed by atoms with van der Waals surface area (Å²) in [5, 5.41) is 11.9. The van der Waals surface area contributed by atoms with E-state index in [0.29, 0.717) is 15.7 Å². The molecule has 8 heteroatoms. The summed E-state index contributed by atoms with van der Waals surface area (Å²) in [6.07, 6.45) is 1.97. The molecule has 0 aliphatic carbocycles. The third-order valence-electron chi connectivity index (χ3n) is 4.63. The van der Waals surface area contributed by atoms with Gasteiger partial charge < -0.3 is 15.4 Å². The Labute approximate surface area is 179 Å². The quantitative estimate of drug-likeness (QED) is 0.457. The van der Waals surface area contributed by atoms with Gasteiger partial charge in [0.25, 0.3) is 0 Å². The fourth-order valence-electron chi connectivity index (χ4n) is 3.34. The molecule has 6 nitrogen and oxygen atoms in total. The summed E-state index contributed by atoms with van der Waals surface area (Å²) >= 11 is 7.00. The van der Waals surface area contributed by atoms with Crippen molar-refractivity contribution in [2.75, 3.05) is 12.4 Å². The first-order chi connectivity index (χ1) is 13.8. The lowest BCUT2D eigenvalue weighted by Gasteiger charge is -2.16. The molecule has 0 amide bonds. The highest BCUT2D eigenvalue weighted by Crippen LogP contribution is 2.40. The van der Waals surface area contributed by atoms with Crippen LogP contribution >= 0.6 is 23.6 Å². The Kier molecular flexibility index (Phi) is 6.34. The molecule has 1 atom stereocenters. The third-order valence-corrected chi connectivity index (χ3v) is 5.87. The lowest BCUT2D eigenvalue weighted by Crippen LogP contribution is -2.31. The van der Waals surface area contributed by atoms with Gasteiger partial charge in [-0.15, -0.1) is 11.3 Å². The smallest absolute Gasteiger partial charge is 0.341 e. The lowest BCUT2D eigenvalue weighted by atomic mass is 10.0. The standard InChI is InChI=1S/C21H24N4O2S2/c1-12(16-11-25(4)24-13(16)2)22-21(28)23-19-18(20(26)27-5)17(14(3)29-19)15-9-7-6-8-10-15/h6-12H,1-5H3,(H2,22,23,28). The molecular formula is C21H24N4O2S2. The predicted molar refractivity (Wildman–Crippen MR) is 122 cm³/mol. The number of benzene rings is 1. The average Bonchev–Trinajstić information content (AvgIpc) is 3.19. The van der Waals surface area contributed by atoms with Gasteiger partial charge in [-0.05, 0) is 38.6 Å². The molecule has 2 N–H and O–H groups in total. The maximum atomic E-state index is 12.6. The molecule has 1 aromatic carbocycles. The summed E-state index contributed by atoms with van der Waals surface area (Å²) in [6.45, 7) is 5.98. The third kappa shape index (κ3) is 4.49. The minimum absolute atomic E-state index is 0.0278. The number of nitrogens with zero attached hydrogens (tertiary/aromatic N) is 2. The number of aryl methyl sites for hydroxylation is 3. The van der Waals surface area contributed by atoms with Crippen LogP contribution in [0.15, 0.2) is 36.5 Å². The van der Waals surface area contributed by atoms with E-state index in [0.717, 1.165) is 27.3 Å². The molecular weight excluding hydrogens is 404 g/mol. The number of hydrogen-bond acceptors (Lipinski definition) is 5. The van der Waals surface area contributed by atoms with Crippen LogP contribution in [-0.4, -0.2) is 28.0 Å². The van der Waals surface area contributed by atoms with Crippen LogP contribution in [0.1, 0.15) is 39.5 Å². The van der Waals surface area contributed by atoms with E-state index in [-0.39, 0.29) is 6.04 Å². The highest BCUT2D eigenvalue weighted by atomic mass is 32.1. The Hall–Kier alpha value is -2.71. The molecule has 0 bridgehead atoms. The zero-order valence-electron chi connectivity index (χ0n) is 17.1. The maximum Gasteiger partial charge on any atom is 0.341 e. The molecule has 2 aromatic heterocycles. The zero-order chi connectivity index (χ0) is 21.1. The van der Waals surface area contributed by atoms with Crippen molar-refractivity contribution in [2.24, 2.45) is 7.05 Å². The average molecular weight is 429 g/mol. The van der Waals surface area contributed by atoms with Crippen LogP contribution in [-0.2, 0) is 11.8 Å². The lowest BCUT2D eigenvalue weighted by molar-refractivity contribution is 0.0603. The number of carbonyl (C=O) groups excluding carboxylic acids is 1. The largest absolute Gasteiger partial charge is 0.465 e. The normalized spacial score (nSPS) is 11.8. The van der Waals surface area contributed by atoms with Crippen LogP contribution in [0.5, 0.6) is 0 Å². The van der Waals surface area contributed by atoms with Gasteiger partial charge in [0.1, 0.15) is 10.6 Å². The number of thiocarbonyl (C=S) groups is 1. The van der Waals surface area contributed by atoms with E-state index >= 15 is 0 Å². The second kappa shape index (κ2) is 8.75. The first-order valence-corrected chi connectivity index (χ1v) is 10.4. The van der Waals surface area contributed by atoms with Gasteiger partial charge >= 0.3 is 5.97 Å². The molecule has 0 aliphatic rings. The van der Waals surface area contributed by atoms with Crippen LogP contribution in [0.2, 0.25) is 0 Å². The second-order valence-corrected chi connectivity index (χ2v) is 8.39. The van der Waals surface area contributed by atoms with Crippen molar-refractivity contribution >= 4 is 39.6 Å². The summed E-state index contributed by atoms with van der Waals surface area (Å²) in [5.74, 6) is -0.394. The van der Waals surface area contributed by atoms with E-state index in [1.165, 1.54) is 18.4 Å². The molecule has 0 spiro atoms. The number of hydrogen-bond donors (Lipinski definition) is 2.